The van der Waals surface area contributed by atoms with E-state index in [4.69, 9.17) is 0 Å². The maximum atomic E-state index is 13.4. The minimum Gasteiger partial charge on any atom is -0.353 e. The molecule has 170 valence electrons. The number of likely N-dealkylation sites (N-methyl/N-ethyl adjacent to an activating group) is 1. The van der Waals surface area contributed by atoms with Gasteiger partial charge in [-0.1, -0.05) is 18.2 Å². The Morgan fingerprint density at radius 3 is 2.06 bits per heavy atom. The summed E-state index contributed by atoms with van der Waals surface area (Å²) in [6.07, 6.45) is -8.61. The van der Waals surface area contributed by atoms with Gasteiger partial charge in [0.15, 0.2) is 0 Å². The standard InChI is InChI=1S/C22H18F6N2O2/c1-30-18(11-8-12(21(23,24)25)10-13(9-11)22(26,27)28)17(19(31)29-14-6-7-14)15-4-2-3-5-16(15)20(30)32/h2-5,8-10,14,17-18H,6-7H2,1H3,(H,29,31). The van der Waals surface area contributed by atoms with Gasteiger partial charge in [-0.2, -0.15) is 26.3 Å². The number of nitrogens with one attached hydrogen (secondary N) is 1. The van der Waals surface area contributed by atoms with Gasteiger partial charge in [-0.3, -0.25) is 9.59 Å². The molecule has 2 amide bonds. The molecule has 4 nitrogen and oxygen atoms in total. The highest BCUT2D eigenvalue weighted by Gasteiger charge is 2.45. The van der Waals surface area contributed by atoms with Crippen molar-refractivity contribution in [3.8, 4) is 0 Å². The lowest BCUT2D eigenvalue weighted by atomic mass is 9.78. The zero-order valence-corrected chi connectivity index (χ0v) is 16.7. The van der Waals surface area contributed by atoms with E-state index < -0.39 is 52.8 Å². The second kappa shape index (κ2) is 7.53. The molecule has 1 heterocycles. The van der Waals surface area contributed by atoms with Crippen molar-refractivity contribution in [2.45, 2.75) is 43.2 Å². The number of fused-ring (bicyclic) bond motifs is 1. The number of amides is 2. The first kappa shape index (κ1) is 22.2. The second-order valence-corrected chi connectivity index (χ2v) is 8.05. The predicted octanol–water partition coefficient (Wildman–Crippen LogP) is 4.91. The molecular formula is C22H18F6N2O2. The molecule has 1 N–H and O–H groups in total. The van der Waals surface area contributed by atoms with Crippen molar-refractivity contribution in [2.24, 2.45) is 0 Å². The molecule has 1 aliphatic heterocycles. The van der Waals surface area contributed by atoms with Gasteiger partial charge in [-0.05, 0) is 48.2 Å². The van der Waals surface area contributed by atoms with Crippen molar-refractivity contribution < 1.29 is 35.9 Å². The van der Waals surface area contributed by atoms with E-state index in [1.807, 2.05) is 0 Å². The maximum Gasteiger partial charge on any atom is 0.416 e. The topological polar surface area (TPSA) is 49.4 Å². The first-order chi connectivity index (χ1) is 14.9. The highest BCUT2D eigenvalue weighted by Crippen LogP contribution is 2.45. The number of benzene rings is 2. The molecule has 2 aromatic carbocycles. The molecule has 2 aromatic rings. The molecule has 0 bridgehead atoms. The van der Waals surface area contributed by atoms with Crippen molar-refractivity contribution in [2.75, 3.05) is 7.05 Å². The van der Waals surface area contributed by atoms with E-state index in [1.54, 1.807) is 12.1 Å². The third-order valence-corrected chi connectivity index (χ3v) is 5.74. The largest absolute Gasteiger partial charge is 0.416 e. The van der Waals surface area contributed by atoms with Crippen LogP contribution < -0.4 is 5.32 Å². The molecular weight excluding hydrogens is 438 g/mol. The van der Waals surface area contributed by atoms with Gasteiger partial charge >= 0.3 is 12.4 Å². The van der Waals surface area contributed by atoms with Crippen LogP contribution in [-0.4, -0.2) is 29.8 Å². The second-order valence-electron chi connectivity index (χ2n) is 8.05. The summed E-state index contributed by atoms with van der Waals surface area (Å²) in [6.45, 7) is 0. The molecule has 1 fully saturated rings. The molecule has 0 saturated heterocycles. The van der Waals surface area contributed by atoms with Crippen LogP contribution in [0.4, 0.5) is 26.3 Å². The molecule has 4 rings (SSSR count). The first-order valence-electron chi connectivity index (χ1n) is 9.84. The summed E-state index contributed by atoms with van der Waals surface area (Å²) in [5.74, 6) is -2.30. The van der Waals surface area contributed by atoms with Gasteiger partial charge in [-0.25, -0.2) is 0 Å². The van der Waals surface area contributed by atoms with Crippen LogP contribution in [0.15, 0.2) is 42.5 Å². The number of nitrogens with zero attached hydrogens (tertiary/aromatic N) is 1. The average molecular weight is 456 g/mol. The van der Waals surface area contributed by atoms with Crippen LogP contribution in [-0.2, 0) is 17.1 Å². The Morgan fingerprint density at radius 1 is 0.969 bits per heavy atom. The lowest BCUT2D eigenvalue weighted by Crippen LogP contribution is -2.46. The lowest BCUT2D eigenvalue weighted by Gasteiger charge is -2.40. The van der Waals surface area contributed by atoms with Crippen LogP contribution in [0.3, 0.4) is 0 Å². The number of hydrogen-bond acceptors (Lipinski definition) is 2. The van der Waals surface area contributed by atoms with Gasteiger partial charge in [0.05, 0.1) is 23.1 Å². The summed E-state index contributed by atoms with van der Waals surface area (Å²) in [5.41, 5.74) is -2.95. The van der Waals surface area contributed by atoms with Crippen molar-refractivity contribution in [1.82, 2.24) is 10.2 Å². The van der Waals surface area contributed by atoms with E-state index in [9.17, 15) is 35.9 Å². The number of carbonyl (C=O) groups is 2. The van der Waals surface area contributed by atoms with E-state index in [1.165, 1.54) is 19.2 Å². The fraction of sp³-hybridized carbons (Fsp3) is 0.364. The smallest absolute Gasteiger partial charge is 0.353 e. The molecule has 2 unspecified atom stereocenters. The van der Waals surface area contributed by atoms with Crippen LogP contribution in [0.25, 0.3) is 0 Å². The van der Waals surface area contributed by atoms with E-state index in [2.05, 4.69) is 5.32 Å². The number of rotatable bonds is 3. The van der Waals surface area contributed by atoms with Gasteiger partial charge in [0.1, 0.15) is 0 Å². The van der Waals surface area contributed by atoms with Crippen LogP contribution in [0, 0.1) is 0 Å². The van der Waals surface area contributed by atoms with Crippen LogP contribution in [0.5, 0.6) is 0 Å². The fourth-order valence-electron chi connectivity index (χ4n) is 4.04. The van der Waals surface area contributed by atoms with E-state index in [0.29, 0.717) is 12.1 Å². The van der Waals surface area contributed by atoms with E-state index >= 15 is 0 Å². The van der Waals surface area contributed by atoms with E-state index in [0.717, 1.165) is 17.7 Å². The first-order valence-corrected chi connectivity index (χ1v) is 9.84. The molecule has 0 aromatic heterocycles. The summed E-state index contributed by atoms with van der Waals surface area (Å²) in [7, 11) is 1.27. The third-order valence-electron chi connectivity index (χ3n) is 5.74. The van der Waals surface area contributed by atoms with Gasteiger partial charge in [0.2, 0.25) is 5.91 Å². The molecule has 10 heteroatoms. The number of halogens is 6. The zero-order chi connectivity index (χ0) is 23.4. The van der Waals surface area contributed by atoms with Crippen molar-refractivity contribution in [3.05, 3.63) is 70.3 Å². The van der Waals surface area contributed by atoms with Gasteiger partial charge in [0, 0.05) is 18.7 Å². The Morgan fingerprint density at radius 2 is 1.53 bits per heavy atom. The van der Waals surface area contributed by atoms with Crippen molar-refractivity contribution in [3.63, 3.8) is 0 Å². The Balaban J connectivity index is 1.91. The number of carbonyl (C=O) groups excluding carboxylic acids is 2. The van der Waals surface area contributed by atoms with Gasteiger partial charge in [0.25, 0.3) is 5.91 Å². The number of alkyl halides is 6. The highest BCUT2D eigenvalue weighted by atomic mass is 19.4. The van der Waals surface area contributed by atoms with Crippen LogP contribution in [0.1, 0.15) is 57.4 Å². The highest BCUT2D eigenvalue weighted by molar-refractivity contribution is 6.01. The van der Waals surface area contributed by atoms with Gasteiger partial charge in [-0.15, -0.1) is 0 Å². The zero-order valence-electron chi connectivity index (χ0n) is 16.7. The Hall–Kier alpha value is -3.04. The molecule has 0 spiro atoms. The molecule has 2 aliphatic rings. The fourth-order valence-corrected chi connectivity index (χ4v) is 4.04. The number of hydrogen-bond donors (Lipinski definition) is 1. The normalized spacial score (nSPS) is 21.3. The third kappa shape index (κ3) is 4.05. The summed E-state index contributed by atoms with van der Waals surface area (Å²) in [6, 6.07) is 5.87. The minimum atomic E-state index is -5.04. The Kier molecular flexibility index (Phi) is 5.21. The van der Waals surface area contributed by atoms with Crippen molar-refractivity contribution >= 4 is 11.8 Å². The molecule has 1 aliphatic carbocycles. The monoisotopic (exact) mass is 456 g/mol. The SMILES string of the molecule is CN1C(=O)c2ccccc2C(C(=O)NC2CC2)C1c1cc(C(F)(F)F)cc(C(F)(F)F)c1. The quantitative estimate of drug-likeness (QED) is 0.668. The molecule has 32 heavy (non-hydrogen) atoms. The van der Waals surface area contributed by atoms with Crippen LogP contribution >= 0.6 is 0 Å². The summed E-state index contributed by atoms with van der Waals surface area (Å²) < 4.78 is 80.5. The molecule has 0 radical (unpaired) electrons. The van der Waals surface area contributed by atoms with E-state index in [-0.39, 0.29) is 23.2 Å². The summed E-state index contributed by atoms with van der Waals surface area (Å²) >= 11 is 0. The van der Waals surface area contributed by atoms with Crippen LogP contribution in [0.2, 0.25) is 0 Å². The Bertz CT molecular complexity index is 1040. The summed E-state index contributed by atoms with van der Waals surface area (Å²) in [5, 5.41) is 2.77. The minimum absolute atomic E-state index is 0.0291. The lowest BCUT2D eigenvalue weighted by molar-refractivity contribution is -0.143. The van der Waals surface area contributed by atoms with Crippen molar-refractivity contribution in [1.29, 1.82) is 0 Å². The van der Waals surface area contributed by atoms with Gasteiger partial charge < -0.3 is 10.2 Å². The Labute approximate surface area is 179 Å². The predicted molar refractivity (Wildman–Crippen MR) is 102 cm³/mol. The molecule has 1 saturated carbocycles. The molecule has 2 atom stereocenters. The maximum absolute atomic E-state index is 13.4. The average Bonchev–Trinajstić information content (AvgIpc) is 3.52. The summed E-state index contributed by atoms with van der Waals surface area (Å²) in [4.78, 5) is 27.1.